The molecule has 0 aliphatic heterocycles. The Kier molecular flexibility index (Phi) is 4.82. The largest absolute Gasteiger partial charge is 0.458 e. The van der Waals surface area contributed by atoms with Gasteiger partial charge >= 0.3 is 5.97 Å². The van der Waals surface area contributed by atoms with Crippen molar-refractivity contribution in [2.24, 2.45) is 28.6 Å². The zero-order valence-corrected chi connectivity index (χ0v) is 17.6. The second-order valence-electron chi connectivity index (χ2n) is 10.2. The molecule has 2 N–H and O–H groups in total. The van der Waals surface area contributed by atoms with Crippen LogP contribution in [0.5, 0.6) is 0 Å². The molecule has 7 atom stereocenters. The van der Waals surface area contributed by atoms with Crippen LogP contribution in [0.15, 0.2) is 11.6 Å². The SMILES string of the molecule is CC(=O)OCC(=O)[C@]1(O)CC[C@@H]2[C@H]3CCC4=CC(=O)CC[C@]4(C)[C@@H]3[C@@H](O)C[C@@]21C. The maximum atomic E-state index is 12.9. The Labute approximate surface area is 171 Å². The zero-order valence-electron chi connectivity index (χ0n) is 17.6. The highest BCUT2D eigenvalue weighted by Gasteiger charge is 2.68. The molecule has 4 rings (SSSR count). The van der Waals surface area contributed by atoms with Gasteiger partial charge in [-0.25, -0.2) is 0 Å². The number of esters is 1. The molecular weight excluding hydrogens is 372 g/mol. The van der Waals surface area contributed by atoms with Gasteiger partial charge in [-0.2, -0.15) is 0 Å². The molecule has 4 aliphatic rings. The van der Waals surface area contributed by atoms with Crippen molar-refractivity contribution in [1.29, 1.82) is 0 Å². The second kappa shape index (κ2) is 6.74. The van der Waals surface area contributed by atoms with Gasteiger partial charge in [0.05, 0.1) is 6.10 Å². The summed E-state index contributed by atoms with van der Waals surface area (Å²) in [7, 11) is 0. The number of rotatable bonds is 3. The molecule has 0 radical (unpaired) electrons. The first-order valence-corrected chi connectivity index (χ1v) is 10.8. The summed E-state index contributed by atoms with van der Waals surface area (Å²) in [5, 5.41) is 22.8. The predicted molar refractivity (Wildman–Crippen MR) is 105 cm³/mol. The molecule has 0 aromatic heterocycles. The van der Waals surface area contributed by atoms with Gasteiger partial charge in [0.25, 0.3) is 0 Å². The summed E-state index contributed by atoms with van der Waals surface area (Å²) >= 11 is 0. The van der Waals surface area contributed by atoms with Crippen molar-refractivity contribution in [3.8, 4) is 0 Å². The van der Waals surface area contributed by atoms with Crippen LogP contribution in [0, 0.1) is 28.6 Å². The van der Waals surface area contributed by atoms with E-state index >= 15 is 0 Å². The number of fused-ring (bicyclic) bond motifs is 5. The molecule has 0 unspecified atom stereocenters. The summed E-state index contributed by atoms with van der Waals surface area (Å²) in [5.74, 6) is -0.462. The van der Waals surface area contributed by atoms with E-state index in [2.05, 4.69) is 6.92 Å². The minimum atomic E-state index is -1.58. The third-order valence-electron chi connectivity index (χ3n) is 8.92. The molecule has 0 bridgehead atoms. The van der Waals surface area contributed by atoms with Crippen LogP contribution in [0.2, 0.25) is 0 Å². The summed E-state index contributed by atoms with van der Waals surface area (Å²) in [6.07, 6.45) is 5.54. The number of carbonyl (C=O) groups excluding carboxylic acids is 3. The van der Waals surface area contributed by atoms with Crippen molar-refractivity contribution in [3.05, 3.63) is 11.6 Å². The zero-order chi connectivity index (χ0) is 21.2. The van der Waals surface area contributed by atoms with E-state index in [-0.39, 0.29) is 29.0 Å². The molecule has 0 spiro atoms. The van der Waals surface area contributed by atoms with Crippen LogP contribution in [0.3, 0.4) is 0 Å². The van der Waals surface area contributed by atoms with Crippen LogP contribution in [-0.2, 0) is 19.1 Å². The van der Waals surface area contributed by atoms with E-state index < -0.39 is 35.5 Å². The van der Waals surface area contributed by atoms with Crippen molar-refractivity contribution in [2.45, 2.75) is 77.4 Å². The summed E-state index contributed by atoms with van der Waals surface area (Å²) in [4.78, 5) is 36.0. The topological polar surface area (TPSA) is 101 Å². The summed E-state index contributed by atoms with van der Waals surface area (Å²) in [5.41, 5.74) is -1.36. The van der Waals surface area contributed by atoms with Crippen LogP contribution in [0.1, 0.15) is 65.7 Å². The number of hydrogen-bond acceptors (Lipinski definition) is 6. The van der Waals surface area contributed by atoms with E-state index in [4.69, 9.17) is 4.74 Å². The average molecular weight is 405 g/mol. The average Bonchev–Trinajstić information content (AvgIpc) is 2.91. The normalized spacial score (nSPS) is 46.2. The van der Waals surface area contributed by atoms with Gasteiger partial charge in [-0.1, -0.05) is 19.4 Å². The van der Waals surface area contributed by atoms with Crippen molar-refractivity contribution < 1.29 is 29.3 Å². The third kappa shape index (κ3) is 2.86. The van der Waals surface area contributed by atoms with Crippen molar-refractivity contribution >= 4 is 17.5 Å². The van der Waals surface area contributed by atoms with E-state index in [0.717, 1.165) is 31.3 Å². The van der Waals surface area contributed by atoms with Gasteiger partial charge in [0.2, 0.25) is 5.78 Å². The van der Waals surface area contributed by atoms with Crippen molar-refractivity contribution in [3.63, 3.8) is 0 Å². The van der Waals surface area contributed by atoms with Gasteiger partial charge in [0.1, 0.15) is 5.60 Å². The first-order chi connectivity index (χ1) is 13.5. The monoisotopic (exact) mass is 404 g/mol. The predicted octanol–water partition coefficient (Wildman–Crippen LogP) is 2.35. The Morgan fingerprint density at radius 1 is 1.21 bits per heavy atom. The maximum absolute atomic E-state index is 12.9. The number of aliphatic hydroxyl groups excluding tert-OH is 1. The Hall–Kier alpha value is -1.53. The molecule has 3 fully saturated rings. The number of aliphatic hydroxyl groups is 2. The molecule has 160 valence electrons. The van der Waals surface area contributed by atoms with Crippen molar-refractivity contribution in [2.75, 3.05) is 6.61 Å². The minimum Gasteiger partial charge on any atom is -0.458 e. The number of Topliss-reactive ketones (excluding diaryl/α,β-unsaturated/α-hetero) is 1. The summed E-state index contributed by atoms with van der Waals surface area (Å²) in [6.45, 7) is 4.92. The lowest BCUT2D eigenvalue weighted by atomic mass is 9.45. The second-order valence-corrected chi connectivity index (χ2v) is 10.2. The van der Waals surface area contributed by atoms with E-state index in [1.807, 2.05) is 6.92 Å². The molecular formula is C23H32O6. The number of hydrogen-bond donors (Lipinski definition) is 2. The number of ether oxygens (including phenoxy) is 1. The third-order valence-corrected chi connectivity index (χ3v) is 8.92. The fourth-order valence-electron chi connectivity index (χ4n) is 7.44. The highest BCUT2D eigenvalue weighted by molar-refractivity contribution is 5.92. The van der Waals surface area contributed by atoms with Gasteiger partial charge < -0.3 is 14.9 Å². The number of allylic oxidation sites excluding steroid dienone is 1. The molecule has 0 amide bonds. The summed E-state index contributed by atoms with van der Waals surface area (Å²) < 4.78 is 4.89. The van der Waals surface area contributed by atoms with Crippen LogP contribution >= 0.6 is 0 Å². The molecule has 0 aromatic rings. The lowest BCUT2D eigenvalue weighted by Crippen LogP contribution is -2.62. The molecule has 6 nitrogen and oxygen atoms in total. The molecule has 0 saturated heterocycles. The molecule has 6 heteroatoms. The fraction of sp³-hybridized carbons (Fsp3) is 0.783. The Balaban J connectivity index is 1.65. The number of ketones is 2. The molecule has 29 heavy (non-hydrogen) atoms. The Bertz CT molecular complexity index is 786. The van der Waals surface area contributed by atoms with Gasteiger partial charge in [0.15, 0.2) is 12.4 Å². The van der Waals surface area contributed by atoms with Crippen LogP contribution in [0.25, 0.3) is 0 Å². The Morgan fingerprint density at radius 3 is 2.62 bits per heavy atom. The first-order valence-electron chi connectivity index (χ1n) is 10.8. The van der Waals surface area contributed by atoms with Crippen LogP contribution < -0.4 is 0 Å². The van der Waals surface area contributed by atoms with Crippen molar-refractivity contribution in [1.82, 2.24) is 0 Å². The standard InChI is InChI=1S/C23H32O6/c1-13(24)29-12-19(27)23(28)9-7-17-16-5-4-14-10-15(25)6-8-21(14,2)20(16)18(26)11-22(17,23)3/h10,16-18,20,26,28H,4-9,11-12H2,1-3H3/t16-,17-,18+,20+,21+,22+,23-/m1/s1. The lowest BCUT2D eigenvalue weighted by Gasteiger charge is -2.60. The summed E-state index contributed by atoms with van der Waals surface area (Å²) in [6, 6.07) is 0. The fourth-order valence-corrected chi connectivity index (χ4v) is 7.44. The minimum absolute atomic E-state index is 0.0413. The van der Waals surface area contributed by atoms with Crippen LogP contribution in [0.4, 0.5) is 0 Å². The molecule has 4 aliphatic carbocycles. The first kappa shape index (κ1) is 20.7. The van der Waals surface area contributed by atoms with Crippen LogP contribution in [-0.4, -0.2) is 46.1 Å². The molecule has 0 heterocycles. The number of carbonyl (C=O) groups is 3. The van der Waals surface area contributed by atoms with E-state index in [0.29, 0.717) is 19.3 Å². The lowest BCUT2D eigenvalue weighted by molar-refractivity contribution is -0.184. The van der Waals surface area contributed by atoms with Gasteiger partial charge in [-0.3, -0.25) is 14.4 Å². The highest BCUT2D eigenvalue weighted by Crippen LogP contribution is 2.67. The quantitative estimate of drug-likeness (QED) is 0.701. The Morgan fingerprint density at radius 2 is 1.93 bits per heavy atom. The van der Waals surface area contributed by atoms with E-state index in [1.54, 1.807) is 6.08 Å². The van der Waals surface area contributed by atoms with Gasteiger partial charge in [0, 0.05) is 18.8 Å². The smallest absolute Gasteiger partial charge is 0.303 e. The maximum Gasteiger partial charge on any atom is 0.303 e. The molecule has 3 saturated carbocycles. The van der Waals surface area contributed by atoms with Gasteiger partial charge in [-0.15, -0.1) is 0 Å². The highest BCUT2D eigenvalue weighted by atomic mass is 16.5. The van der Waals surface area contributed by atoms with Gasteiger partial charge in [-0.05, 0) is 67.8 Å². The van der Waals surface area contributed by atoms with E-state index in [1.165, 1.54) is 6.92 Å². The molecule has 0 aromatic carbocycles. The van der Waals surface area contributed by atoms with E-state index in [9.17, 15) is 24.6 Å².